The molecule has 1 atom stereocenters. The van der Waals surface area contributed by atoms with Gasteiger partial charge in [-0.2, -0.15) is 13.2 Å². The fourth-order valence-electron chi connectivity index (χ4n) is 1.86. The van der Waals surface area contributed by atoms with Crippen molar-refractivity contribution in [3.8, 4) is 11.3 Å². The summed E-state index contributed by atoms with van der Waals surface area (Å²) in [5, 5.41) is 0. The van der Waals surface area contributed by atoms with Gasteiger partial charge in [-0.05, 0) is 36.8 Å². The van der Waals surface area contributed by atoms with Gasteiger partial charge in [0.2, 0.25) is 0 Å². The van der Waals surface area contributed by atoms with E-state index >= 15 is 0 Å². The Kier molecular flexibility index (Phi) is 4.25. The van der Waals surface area contributed by atoms with Crippen LogP contribution in [-0.2, 0) is 6.18 Å². The predicted molar refractivity (Wildman–Crippen MR) is 74.1 cm³/mol. The van der Waals surface area contributed by atoms with E-state index in [1.807, 2.05) is 6.92 Å². The molecular weight excluding hydrogens is 335 g/mol. The zero-order valence-corrected chi connectivity index (χ0v) is 12.3. The molecule has 0 radical (unpaired) electrons. The first kappa shape index (κ1) is 15.1. The lowest BCUT2D eigenvalue weighted by atomic mass is 10.1. The van der Waals surface area contributed by atoms with E-state index < -0.39 is 11.7 Å². The van der Waals surface area contributed by atoms with Crippen molar-refractivity contribution < 1.29 is 17.6 Å². The maximum absolute atomic E-state index is 13.1. The number of furan rings is 1. The van der Waals surface area contributed by atoms with Gasteiger partial charge in [-0.3, -0.25) is 0 Å². The first-order valence-electron chi connectivity index (χ1n) is 6.05. The van der Waals surface area contributed by atoms with Gasteiger partial charge in [0.15, 0.2) is 0 Å². The van der Waals surface area contributed by atoms with Crippen molar-refractivity contribution in [2.45, 2.75) is 25.6 Å². The maximum atomic E-state index is 13.1. The van der Waals surface area contributed by atoms with Crippen LogP contribution in [0.2, 0.25) is 0 Å². The van der Waals surface area contributed by atoms with Gasteiger partial charge in [-0.25, -0.2) is 0 Å². The summed E-state index contributed by atoms with van der Waals surface area (Å²) < 4.78 is 45.0. The molecule has 0 saturated heterocycles. The molecule has 1 aromatic heterocycles. The molecule has 0 bridgehead atoms. The molecule has 2 aromatic rings. The van der Waals surface area contributed by atoms with Crippen LogP contribution < -0.4 is 5.73 Å². The lowest BCUT2D eigenvalue weighted by molar-refractivity contribution is -0.137. The lowest BCUT2D eigenvalue weighted by Gasteiger charge is -2.12. The summed E-state index contributed by atoms with van der Waals surface area (Å²) in [6.45, 7) is 1.88. The average molecular weight is 348 g/mol. The zero-order valence-electron chi connectivity index (χ0n) is 10.7. The average Bonchev–Trinajstić information content (AvgIpc) is 2.86. The van der Waals surface area contributed by atoms with E-state index in [-0.39, 0.29) is 17.4 Å². The highest BCUT2D eigenvalue weighted by Gasteiger charge is 2.34. The van der Waals surface area contributed by atoms with Crippen molar-refractivity contribution >= 4 is 15.9 Å². The van der Waals surface area contributed by atoms with E-state index in [1.165, 1.54) is 12.1 Å². The Bertz CT molecular complexity index is 607. The minimum atomic E-state index is -4.45. The zero-order chi connectivity index (χ0) is 14.9. The molecule has 108 valence electrons. The van der Waals surface area contributed by atoms with Crippen molar-refractivity contribution in [1.82, 2.24) is 0 Å². The summed E-state index contributed by atoms with van der Waals surface area (Å²) in [4.78, 5) is 0. The van der Waals surface area contributed by atoms with Gasteiger partial charge in [0, 0.05) is 10.0 Å². The minimum Gasteiger partial charge on any atom is -0.459 e. The van der Waals surface area contributed by atoms with Crippen LogP contribution in [0.15, 0.2) is 39.2 Å². The second kappa shape index (κ2) is 5.61. The number of rotatable bonds is 3. The van der Waals surface area contributed by atoms with E-state index in [0.29, 0.717) is 16.7 Å². The standard InChI is InChI=1S/C14H13BrF3NO/c1-2-11(19)13-6-5-12(20-13)9-4-3-8(15)7-10(9)14(16,17)18/h3-7,11H,2,19H2,1H3. The molecule has 2 rings (SSSR count). The fraction of sp³-hybridized carbons (Fsp3) is 0.286. The minimum absolute atomic E-state index is 0.00949. The first-order valence-corrected chi connectivity index (χ1v) is 6.84. The normalized spacial score (nSPS) is 13.5. The molecule has 0 fully saturated rings. The van der Waals surface area contributed by atoms with Crippen molar-refractivity contribution in [3.63, 3.8) is 0 Å². The van der Waals surface area contributed by atoms with Gasteiger partial charge in [-0.1, -0.05) is 22.9 Å². The van der Waals surface area contributed by atoms with Crippen molar-refractivity contribution in [1.29, 1.82) is 0 Å². The molecule has 0 spiro atoms. The third-order valence-electron chi connectivity index (χ3n) is 2.98. The Balaban J connectivity index is 2.50. The smallest absolute Gasteiger partial charge is 0.417 e. The molecule has 0 saturated carbocycles. The van der Waals surface area contributed by atoms with Crippen LogP contribution in [0.3, 0.4) is 0 Å². The molecule has 2 N–H and O–H groups in total. The van der Waals surface area contributed by atoms with Crippen LogP contribution >= 0.6 is 15.9 Å². The number of hydrogen-bond donors (Lipinski definition) is 1. The highest BCUT2D eigenvalue weighted by molar-refractivity contribution is 9.10. The van der Waals surface area contributed by atoms with Gasteiger partial charge >= 0.3 is 6.18 Å². The highest BCUT2D eigenvalue weighted by Crippen LogP contribution is 2.39. The van der Waals surface area contributed by atoms with E-state index in [0.717, 1.165) is 6.07 Å². The molecule has 0 aliphatic carbocycles. The van der Waals surface area contributed by atoms with Gasteiger partial charge in [0.25, 0.3) is 0 Å². The molecule has 1 heterocycles. The Hall–Kier alpha value is -1.27. The Morgan fingerprint density at radius 2 is 1.95 bits per heavy atom. The molecule has 1 aromatic carbocycles. The summed E-state index contributed by atoms with van der Waals surface area (Å²) in [6.07, 6.45) is -3.79. The van der Waals surface area contributed by atoms with Crippen LogP contribution in [0.1, 0.15) is 30.7 Å². The van der Waals surface area contributed by atoms with Crippen LogP contribution in [0, 0.1) is 0 Å². The maximum Gasteiger partial charge on any atom is 0.417 e. The summed E-state index contributed by atoms with van der Waals surface area (Å²) >= 11 is 3.05. The lowest BCUT2D eigenvalue weighted by Crippen LogP contribution is -2.07. The molecule has 1 unspecified atom stereocenters. The Morgan fingerprint density at radius 1 is 1.25 bits per heavy atom. The summed E-state index contributed by atoms with van der Waals surface area (Å²) in [7, 11) is 0. The molecule has 0 aliphatic heterocycles. The van der Waals surface area contributed by atoms with Crippen LogP contribution in [-0.4, -0.2) is 0 Å². The highest BCUT2D eigenvalue weighted by atomic mass is 79.9. The number of hydrogen-bond acceptors (Lipinski definition) is 2. The van der Waals surface area contributed by atoms with Crippen molar-refractivity contribution in [2.75, 3.05) is 0 Å². The van der Waals surface area contributed by atoms with Crippen LogP contribution in [0.4, 0.5) is 13.2 Å². The topological polar surface area (TPSA) is 39.2 Å². The monoisotopic (exact) mass is 347 g/mol. The molecule has 2 nitrogen and oxygen atoms in total. The van der Waals surface area contributed by atoms with Crippen molar-refractivity contribution in [3.05, 3.63) is 46.1 Å². The largest absolute Gasteiger partial charge is 0.459 e. The summed E-state index contributed by atoms with van der Waals surface area (Å²) in [5.41, 5.74) is 5.08. The van der Waals surface area contributed by atoms with Crippen molar-refractivity contribution in [2.24, 2.45) is 5.73 Å². The quantitative estimate of drug-likeness (QED) is 0.834. The number of halogens is 4. The molecule has 20 heavy (non-hydrogen) atoms. The Labute approximate surface area is 122 Å². The SMILES string of the molecule is CCC(N)c1ccc(-c2ccc(Br)cc2C(F)(F)F)o1. The van der Waals surface area contributed by atoms with Gasteiger partial charge in [0.05, 0.1) is 11.6 Å². The predicted octanol–water partition coefficient (Wildman–Crippen LogP) is 5.14. The van der Waals surface area contributed by atoms with Crippen LogP contribution in [0.25, 0.3) is 11.3 Å². The Morgan fingerprint density at radius 3 is 2.55 bits per heavy atom. The van der Waals surface area contributed by atoms with E-state index in [4.69, 9.17) is 10.2 Å². The summed E-state index contributed by atoms with van der Waals surface area (Å²) in [6, 6.07) is 6.79. The fourth-order valence-corrected chi connectivity index (χ4v) is 2.23. The number of alkyl halides is 3. The van der Waals surface area contributed by atoms with E-state index in [9.17, 15) is 13.2 Å². The molecule has 6 heteroatoms. The second-order valence-electron chi connectivity index (χ2n) is 4.40. The van der Waals surface area contributed by atoms with Gasteiger partial charge in [0.1, 0.15) is 11.5 Å². The summed E-state index contributed by atoms with van der Waals surface area (Å²) in [5.74, 6) is 0.655. The van der Waals surface area contributed by atoms with E-state index in [2.05, 4.69) is 15.9 Å². The third kappa shape index (κ3) is 3.07. The molecular formula is C14H13BrF3NO. The number of nitrogens with two attached hydrogens (primary N) is 1. The molecule has 0 amide bonds. The van der Waals surface area contributed by atoms with Crippen LogP contribution in [0.5, 0.6) is 0 Å². The molecule has 0 aliphatic rings. The second-order valence-corrected chi connectivity index (χ2v) is 5.32. The van der Waals surface area contributed by atoms with E-state index in [1.54, 1.807) is 12.1 Å². The third-order valence-corrected chi connectivity index (χ3v) is 3.48. The first-order chi connectivity index (χ1) is 9.32. The van der Waals surface area contributed by atoms with Gasteiger partial charge < -0.3 is 10.2 Å². The van der Waals surface area contributed by atoms with Gasteiger partial charge in [-0.15, -0.1) is 0 Å². The number of benzene rings is 1.